The molecule has 0 unspecified atom stereocenters. The smallest absolute Gasteiger partial charge is 0.161 e. The maximum absolute atomic E-state index is 5.79. The number of aryl methyl sites for hydroxylation is 1. The summed E-state index contributed by atoms with van der Waals surface area (Å²) in [5.74, 6) is 2.34. The molecule has 0 saturated carbocycles. The number of aromatic nitrogens is 1. The van der Waals surface area contributed by atoms with Crippen molar-refractivity contribution in [1.29, 1.82) is 0 Å². The van der Waals surface area contributed by atoms with E-state index in [9.17, 15) is 0 Å². The van der Waals surface area contributed by atoms with Crippen molar-refractivity contribution in [2.75, 3.05) is 19.0 Å². The van der Waals surface area contributed by atoms with E-state index in [1.165, 1.54) is 0 Å². The van der Waals surface area contributed by atoms with Crippen molar-refractivity contribution in [2.24, 2.45) is 0 Å². The molecule has 0 fully saturated rings. The minimum atomic E-state index is 0.415. The van der Waals surface area contributed by atoms with E-state index in [1.807, 2.05) is 50.2 Å². The second-order valence-electron chi connectivity index (χ2n) is 4.49. The first-order chi connectivity index (χ1) is 9.72. The summed E-state index contributed by atoms with van der Waals surface area (Å²) in [7, 11) is 1.64. The van der Waals surface area contributed by atoms with E-state index in [4.69, 9.17) is 9.47 Å². The Morgan fingerprint density at radius 1 is 1.15 bits per heavy atom. The van der Waals surface area contributed by atoms with Gasteiger partial charge in [0.05, 0.1) is 12.8 Å². The lowest BCUT2D eigenvalue weighted by molar-refractivity contribution is 0.280. The van der Waals surface area contributed by atoms with Crippen LogP contribution in [0.3, 0.4) is 0 Å². The van der Waals surface area contributed by atoms with Crippen molar-refractivity contribution in [1.82, 2.24) is 4.98 Å². The Kier molecular flexibility index (Phi) is 4.82. The Hall–Kier alpha value is -2.23. The van der Waals surface area contributed by atoms with Crippen LogP contribution in [0.15, 0.2) is 36.4 Å². The van der Waals surface area contributed by atoms with E-state index in [2.05, 4.69) is 10.3 Å². The van der Waals surface area contributed by atoms with Crippen molar-refractivity contribution in [2.45, 2.75) is 20.5 Å². The lowest BCUT2D eigenvalue weighted by atomic mass is 10.2. The van der Waals surface area contributed by atoms with Crippen LogP contribution >= 0.6 is 0 Å². The van der Waals surface area contributed by atoms with Gasteiger partial charge in [-0.15, -0.1) is 0 Å². The molecule has 20 heavy (non-hydrogen) atoms. The first kappa shape index (κ1) is 14.2. The third-order valence-corrected chi connectivity index (χ3v) is 2.86. The number of hydrogen-bond donors (Lipinski definition) is 1. The predicted octanol–water partition coefficient (Wildman–Crippen LogP) is 3.41. The van der Waals surface area contributed by atoms with Gasteiger partial charge in [0.2, 0.25) is 0 Å². The number of methoxy groups -OCH3 is 1. The van der Waals surface area contributed by atoms with E-state index in [-0.39, 0.29) is 0 Å². The van der Waals surface area contributed by atoms with E-state index in [0.717, 1.165) is 35.1 Å². The molecule has 0 aliphatic rings. The number of rotatable bonds is 6. The van der Waals surface area contributed by atoms with Crippen LogP contribution in [0, 0.1) is 6.92 Å². The van der Waals surface area contributed by atoms with E-state index in [1.54, 1.807) is 7.11 Å². The van der Waals surface area contributed by atoms with Crippen LogP contribution in [0.5, 0.6) is 11.5 Å². The molecule has 1 aromatic heterocycles. The Bertz CT molecular complexity index is 570. The first-order valence-corrected chi connectivity index (χ1v) is 6.70. The summed E-state index contributed by atoms with van der Waals surface area (Å²) in [5, 5.41) is 3.18. The van der Waals surface area contributed by atoms with Gasteiger partial charge >= 0.3 is 0 Å². The summed E-state index contributed by atoms with van der Waals surface area (Å²) >= 11 is 0. The van der Waals surface area contributed by atoms with Crippen LogP contribution in [-0.2, 0) is 6.61 Å². The molecule has 0 amide bonds. The maximum Gasteiger partial charge on any atom is 0.161 e. The molecule has 0 aliphatic carbocycles. The highest BCUT2D eigenvalue weighted by atomic mass is 16.5. The number of hydrogen-bond acceptors (Lipinski definition) is 4. The van der Waals surface area contributed by atoms with Crippen molar-refractivity contribution >= 4 is 5.82 Å². The zero-order chi connectivity index (χ0) is 14.4. The molecule has 0 radical (unpaired) electrons. The van der Waals surface area contributed by atoms with E-state index >= 15 is 0 Å². The average molecular weight is 272 g/mol. The highest BCUT2D eigenvalue weighted by Gasteiger charge is 2.05. The normalized spacial score (nSPS) is 10.2. The molecule has 2 rings (SSSR count). The number of nitrogens with zero attached hydrogens (tertiary/aromatic N) is 1. The van der Waals surface area contributed by atoms with Crippen molar-refractivity contribution in [3.05, 3.63) is 47.7 Å². The fraction of sp³-hybridized carbons (Fsp3) is 0.312. The molecule has 1 N–H and O–H groups in total. The Labute approximate surface area is 119 Å². The minimum absolute atomic E-state index is 0.415. The molecular weight excluding hydrogens is 252 g/mol. The monoisotopic (exact) mass is 272 g/mol. The third kappa shape index (κ3) is 3.63. The van der Waals surface area contributed by atoms with Gasteiger partial charge in [0.25, 0.3) is 0 Å². The Morgan fingerprint density at radius 3 is 2.75 bits per heavy atom. The standard InChI is InChI=1S/C16H20N2O2/c1-4-17-16-7-5-6-13(18-16)11-20-14-9-8-12(2)10-15(14)19-3/h5-10H,4,11H2,1-3H3,(H,17,18). The summed E-state index contributed by atoms with van der Waals surface area (Å²) in [5.41, 5.74) is 2.02. The third-order valence-electron chi connectivity index (χ3n) is 2.86. The largest absolute Gasteiger partial charge is 0.493 e. The Balaban J connectivity index is 2.06. The van der Waals surface area contributed by atoms with Crippen molar-refractivity contribution in [3.63, 3.8) is 0 Å². The molecule has 1 heterocycles. The molecule has 106 valence electrons. The minimum Gasteiger partial charge on any atom is -0.493 e. The van der Waals surface area contributed by atoms with Gasteiger partial charge in [0, 0.05) is 6.54 Å². The fourth-order valence-electron chi connectivity index (χ4n) is 1.89. The topological polar surface area (TPSA) is 43.4 Å². The highest BCUT2D eigenvalue weighted by Crippen LogP contribution is 2.28. The predicted molar refractivity (Wildman–Crippen MR) is 80.5 cm³/mol. The zero-order valence-corrected chi connectivity index (χ0v) is 12.1. The lowest BCUT2D eigenvalue weighted by Crippen LogP contribution is -2.04. The van der Waals surface area contributed by atoms with Gasteiger partial charge in [-0.1, -0.05) is 12.1 Å². The number of nitrogens with one attached hydrogen (secondary N) is 1. The van der Waals surface area contributed by atoms with Crippen LogP contribution in [0.2, 0.25) is 0 Å². The summed E-state index contributed by atoms with van der Waals surface area (Å²) in [6.45, 7) is 5.33. The maximum atomic E-state index is 5.79. The van der Waals surface area contributed by atoms with Gasteiger partial charge in [0.1, 0.15) is 12.4 Å². The quantitative estimate of drug-likeness (QED) is 0.875. The molecule has 0 atom stereocenters. The summed E-state index contributed by atoms with van der Waals surface area (Å²) < 4.78 is 11.1. The average Bonchev–Trinajstić information content (AvgIpc) is 2.46. The Morgan fingerprint density at radius 2 is 2.00 bits per heavy atom. The fourth-order valence-corrected chi connectivity index (χ4v) is 1.89. The summed E-state index contributed by atoms with van der Waals surface area (Å²) in [6, 6.07) is 11.7. The zero-order valence-electron chi connectivity index (χ0n) is 12.1. The SMILES string of the molecule is CCNc1cccc(COc2ccc(C)cc2OC)n1. The van der Waals surface area contributed by atoms with Crippen LogP contribution < -0.4 is 14.8 Å². The second kappa shape index (κ2) is 6.80. The molecular formula is C16H20N2O2. The van der Waals surface area contributed by atoms with E-state index in [0.29, 0.717) is 6.61 Å². The number of benzene rings is 1. The van der Waals surface area contributed by atoms with Crippen molar-refractivity contribution < 1.29 is 9.47 Å². The van der Waals surface area contributed by atoms with Crippen LogP contribution in [-0.4, -0.2) is 18.6 Å². The molecule has 0 saturated heterocycles. The first-order valence-electron chi connectivity index (χ1n) is 6.70. The molecule has 0 spiro atoms. The molecule has 0 aliphatic heterocycles. The number of pyridine rings is 1. The van der Waals surface area contributed by atoms with Crippen LogP contribution in [0.25, 0.3) is 0 Å². The van der Waals surface area contributed by atoms with Crippen LogP contribution in [0.4, 0.5) is 5.82 Å². The van der Waals surface area contributed by atoms with E-state index < -0.39 is 0 Å². The second-order valence-corrected chi connectivity index (χ2v) is 4.49. The molecule has 1 aromatic carbocycles. The number of anilines is 1. The van der Waals surface area contributed by atoms with Gasteiger partial charge in [-0.2, -0.15) is 0 Å². The van der Waals surface area contributed by atoms with Crippen molar-refractivity contribution in [3.8, 4) is 11.5 Å². The number of ether oxygens (including phenoxy) is 2. The highest BCUT2D eigenvalue weighted by molar-refractivity contribution is 5.42. The molecule has 0 bridgehead atoms. The van der Waals surface area contributed by atoms with Crippen LogP contribution in [0.1, 0.15) is 18.2 Å². The molecule has 2 aromatic rings. The van der Waals surface area contributed by atoms with Gasteiger partial charge < -0.3 is 14.8 Å². The summed E-state index contributed by atoms with van der Waals surface area (Å²) in [4.78, 5) is 4.47. The van der Waals surface area contributed by atoms with Gasteiger partial charge in [0.15, 0.2) is 11.5 Å². The lowest BCUT2D eigenvalue weighted by Gasteiger charge is -2.11. The van der Waals surface area contributed by atoms with Gasteiger partial charge in [-0.05, 0) is 43.7 Å². The molecule has 4 nitrogen and oxygen atoms in total. The van der Waals surface area contributed by atoms with Gasteiger partial charge in [-0.25, -0.2) is 4.98 Å². The molecule has 4 heteroatoms. The van der Waals surface area contributed by atoms with Gasteiger partial charge in [-0.3, -0.25) is 0 Å². The summed E-state index contributed by atoms with van der Waals surface area (Å²) in [6.07, 6.45) is 0.